The summed E-state index contributed by atoms with van der Waals surface area (Å²) in [5.41, 5.74) is -3.50. The highest BCUT2D eigenvalue weighted by molar-refractivity contribution is 14.1. The lowest BCUT2D eigenvalue weighted by molar-refractivity contribution is -0.142. The van der Waals surface area contributed by atoms with Crippen LogP contribution in [0.4, 0.5) is 22.0 Å². The van der Waals surface area contributed by atoms with Crippen molar-refractivity contribution in [2.75, 3.05) is 0 Å². The van der Waals surface area contributed by atoms with E-state index in [0.29, 0.717) is 6.20 Å². The van der Waals surface area contributed by atoms with Crippen LogP contribution < -0.4 is 0 Å². The fraction of sp³-hybridized carbons (Fsp3) is 0.333. The molecule has 1 aromatic rings. The third-order valence-electron chi connectivity index (χ3n) is 1.99. The minimum Gasteiger partial charge on any atom is -0.481 e. The van der Waals surface area contributed by atoms with E-state index in [4.69, 9.17) is 5.11 Å². The maximum absolute atomic E-state index is 12.7. The van der Waals surface area contributed by atoms with Crippen molar-refractivity contribution >= 4 is 28.6 Å². The molecular formula is C9H5F5INO2. The maximum atomic E-state index is 12.7. The van der Waals surface area contributed by atoms with Gasteiger partial charge in [0.15, 0.2) is 0 Å². The molecule has 0 aliphatic rings. The topological polar surface area (TPSA) is 50.2 Å². The summed E-state index contributed by atoms with van der Waals surface area (Å²) in [6.45, 7) is 0. The quantitative estimate of drug-likeness (QED) is 0.646. The zero-order valence-electron chi connectivity index (χ0n) is 8.43. The Hall–Kier alpha value is -1.00. The summed E-state index contributed by atoms with van der Waals surface area (Å²) in [5, 5.41) is 8.51. The molecule has 0 unspecified atom stereocenters. The average molecular weight is 381 g/mol. The van der Waals surface area contributed by atoms with E-state index in [1.54, 1.807) is 0 Å². The van der Waals surface area contributed by atoms with Crippen LogP contribution in [-0.2, 0) is 17.4 Å². The predicted molar refractivity (Wildman–Crippen MR) is 58.3 cm³/mol. The highest BCUT2D eigenvalue weighted by atomic mass is 127. The van der Waals surface area contributed by atoms with E-state index in [2.05, 4.69) is 4.98 Å². The van der Waals surface area contributed by atoms with Gasteiger partial charge in [-0.1, -0.05) is 0 Å². The van der Waals surface area contributed by atoms with E-state index in [1.807, 2.05) is 0 Å². The Balaban J connectivity index is 3.54. The van der Waals surface area contributed by atoms with Gasteiger partial charge >= 0.3 is 12.1 Å². The highest BCUT2D eigenvalue weighted by Gasteiger charge is 2.38. The molecule has 0 radical (unpaired) electrons. The first-order chi connectivity index (χ1) is 8.14. The summed E-state index contributed by atoms with van der Waals surface area (Å²) >= 11 is 1.39. The Morgan fingerprint density at radius 3 is 2.39 bits per heavy atom. The molecule has 0 aliphatic heterocycles. The molecule has 0 aliphatic carbocycles. The van der Waals surface area contributed by atoms with E-state index < -0.39 is 41.8 Å². The number of aromatic nitrogens is 1. The zero-order chi connectivity index (χ0) is 14.1. The average Bonchev–Trinajstić information content (AvgIpc) is 2.13. The molecule has 0 bridgehead atoms. The molecule has 0 atom stereocenters. The monoisotopic (exact) mass is 381 g/mol. The number of rotatable bonds is 3. The minimum atomic E-state index is -4.97. The maximum Gasteiger partial charge on any atom is 0.433 e. The largest absolute Gasteiger partial charge is 0.481 e. The number of halogens is 6. The second kappa shape index (κ2) is 5.33. The van der Waals surface area contributed by atoms with Gasteiger partial charge in [0.05, 0.1) is 6.42 Å². The first kappa shape index (κ1) is 15.1. The Bertz CT molecular complexity index is 475. The Morgan fingerprint density at radius 2 is 2.00 bits per heavy atom. The van der Waals surface area contributed by atoms with Crippen molar-refractivity contribution in [2.45, 2.75) is 19.0 Å². The van der Waals surface area contributed by atoms with E-state index in [9.17, 15) is 26.7 Å². The molecule has 9 heteroatoms. The first-order valence-electron chi connectivity index (χ1n) is 4.39. The van der Waals surface area contributed by atoms with Crippen molar-refractivity contribution < 1.29 is 31.9 Å². The number of nitrogens with zero attached hydrogens (tertiary/aromatic N) is 1. The summed E-state index contributed by atoms with van der Waals surface area (Å²) in [6, 6.07) is 0. The zero-order valence-corrected chi connectivity index (χ0v) is 10.6. The molecule has 100 valence electrons. The molecule has 0 fully saturated rings. The number of aliphatic carboxylic acids is 1. The molecule has 3 nitrogen and oxygen atoms in total. The first-order valence-corrected chi connectivity index (χ1v) is 5.47. The van der Waals surface area contributed by atoms with Crippen LogP contribution in [0.15, 0.2) is 6.20 Å². The summed E-state index contributed by atoms with van der Waals surface area (Å²) in [6.07, 6.45) is -8.68. The van der Waals surface area contributed by atoms with Gasteiger partial charge in [0.2, 0.25) is 0 Å². The fourth-order valence-electron chi connectivity index (χ4n) is 1.35. The van der Waals surface area contributed by atoms with Crippen molar-refractivity contribution in [2.24, 2.45) is 0 Å². The normalized spacial score (nSPS) is 11.9. The van der Waals surface area contributed by atoms with E-state index in [0.717, 1.165) is 0 Å². The van der Waals surface area contributed by atoms with Gasteiger partial charge in [-0.2, -0.15) is 13.2 Å². The molecule has 0 saturated carbocycles. The summed E-state index contributed by atoms with van der Waals surface area (Å²) in [7, 11) is 0. The second-order valence-corrected chi connectivity index (χ2v) is 4.38. The van der Waals surface area contributed by atoms with Crippen LogP contribution in [-0.4, -0.2) is 16.1 Å². The summed E-state index contributed by atoms with van der Waals surface area (Å²) in [5.74, 6) is -1.63. The molecule has 1 N–H and O–H groups in total. The molecule has 18 heavy (non-hydrogen) atoms. The van der Waals surface area contributed by atoms with Crippen LogP contribution in [0.2, 0.25) is 0 Å². The number of alkyl halides is 5. The molecule has 0 aromatic carbocycles. The lowest BCUT2D eigenvalue weighted by atomic mass is 10.0. The predicted octanol–water partition coefficient (Wildman–Crippen LogP) is 3.27. The van der Waals surface area contributed by atoms with Gasteiger partial charge in [-0.3, -0.25) is 9.78 Å². The van der Waals surface area contributed by atoms with Gasteiger partial charge in [-0.25, -0.2) is 8.78 Å². The van der Waals surface area contributed by atoms with Crippen molar-refractivity contribution in [1.29, 1.82) is 0 Å². The van der Waals surface area contributed by atoms with Gasteiger partial charge in [-0.05, 0) is 22.6 Å². The smallest absolute Gasteiger partial charge is 0.433 e. The van der Waals surface area contributed by atoms with Gasteiger partial charge in [0.1, 0.15) is 5.69 Å². The minimum absolute atomic E-state index is 0.202. The molecular weight excluding hydrogens is 376 g/mol. The number of carboxylic acids is 1. The molecule has 0 amide bonds. The lowest BCUT2D eigenvalue weighted by Gasteiger charge is -2.15. The van der Waals surface area contributed by atoms with Crippen LogP contribution in [0.25, 0.3) is 0 Å². The highest BCUT2D eigenvalue weighted by Crippen LogP contribution is 2.36. The second-order valence-electron chi connectivity index (χ2n) is 3.22. The third kappa shape index (κ3) is 3.27. The lowest BCUT2D eigenvalue weighted by Crippen LogP contribution is -2.18. The van der Waals surface area contributed by atoms with E-state index in [1.165, 1.54) is 22.6 Å². The van der Waals surface area contributed by atoms with Gasteiger partial charge < -0.3 is 5.11 Å². The third-order valence-corrected chi connectivity index (χ3v) is 2.85. The van der Waals surface area contributed by atoms with E-state index >= 15 is 0 Å². The molecule has 0 spiro atoms. The van der Waals surface area contributed by atoms with Gasteiger partial charge in [-0.15, -0.1) is 0 Å². The molecule has 0 saturated heterocycles. The van der Waals surface area contributed by atoms with Crippen molar-refractivity contribution in [3.05, 3.63) is 26.6 Å². The Morgan fingerprint density at radius 1 is 1.44 bits per heavy atom. The van der Waals surface area contributed by atoms with Crippen LogP contribution in [0, 0.1) is 3.57 Å². The number of pyridine rings is 1. The SMILES string of the molecule is O=C(O)Cc1c(C(F)(F)F)ncc(I)c1C(F)F. The van der Waals surface area contributed by atoms with Crippen LogP contribution in [0.1, 0.15) is 23.2 Å². The van der Waals surface area contributed by atoms with Crippen LogP contribution in [0.3, 0.4) is 0 Å². The molecule has 1 rings (SSSR count). The standard InChI is InChI=1S/C9H5F5INO2/c10-8(11)6-3(1-5(17)18)7(9(12,13)14)16-2-4(6)15/h2,8H,1H2,(H,17,18). The summed E-state index contributed by atoms with van der Waals surface area (Å²) < 4.78 is 62.9. The van der Waals surface area contributed by atoms with E-state index in [-0.39, 0.29) is 3.57 Å². The Labute approximate surface area is 111 Å². The number of carbonyl (C=O) groups is 1. The van der Waals surface area contributed by atoms with Crippen molar-refractivity contribution in [3.63, 3.8) is 0 Å². The van der Waals surface area contributed by atoms with Crippen LogP contribution >= 0.6 is 22.6 Å². The summed E-state index contributed by atoms with van der Waals surface area (Å²) in [4.78, 5) is 13.5. The van der Waals surface area contributed by atoms with Gasteiger partial charge in [0, 0.05) is 20.9 Å². The molecule has 1 heterocycles. The number of hydrogen-bond acceptors (Lipinski definition) is 2. The Kier molecular flexibility index (Phi) is 4.46. The van der Waals surface area contributed by atoms with Crippen molar-refractivity contribution in [3.8, 4) is 0 Å². The fourth-order valence-corrected chi connectivity index (χ4v) is 2.05. The number of hydrogen-bond donors (Lipinski definition) is 1. The number of carboxylic acid groups (broad SMARTS) is 1. The van der Waals surface area contributed by atoms with Crippen molar-refractivity contribution in [1.82, 2.24) is 4.98 Å². The van der Waals surface area contributed by atoms with Crippen LogP contribution in [0.5, 0.6) is 0 Å². The van der Waals surface area contributed by atoms with Gasteiger partial charge in [0.25, 0.3) is 6.43 Å². The molecule has 1 aromatic heterocycles.